The molecule has 0 radical (unpaired) electrons. The van der Waals surface area contributed by atoms with Crippen molar-refractivity contribution in [3.05, 3.63) is 36.4 Å². The average molecular weight is 493 g/mol. The maximum absolute atomic E-state index is 12.8. The topological polar surface area (TPSA) is 129 Å². The Morgan fingerprint density at radius 3 is 1.22 bits per heavy atom. The normalized spacial score (nSPS) is 13.8. The summed E-state index contributed by atoms with van der Waals surface area (Å²) < 4.78 is 76.6. The summed E-state index contributed by atoms with van der Waals surface area (Å²) in [5.41, 5.74) is 0. The van der Waals surface area contributed by atoms with Gasteiger partial charge in [-0.05, 0) is 38.1 Å². The zero-order valence-electron chi connectivity index (χ0n) is 18.7. The first-order valence-electron chi connectivity index (χ1n) is 9.47. The van der Waals surface area contributed by atoms with Crippen LogP contribution in [-0.2, 0) is 20.0 Å². The first-order valence-corrected chi connectivity index (χ1v) is 12.4. The van der Waals surface area contributed by atoms with E-state index in [4.69, 9.17) is 18.9 Å². The highest BCUT2D eigenvalue weighted by molar-refractivity contribution is 7.90. The van der Waals surface area contributed by atoms with E-state index in [1.165, 1.54) is 64.8 Å². The fraction of sp³-hybridized carbons (Fsp3) is 0.400. The van der Waals surface area contributed by atoms with E-state index in [0.717, 1.165) is 0 Å². The van der Waals surface area contributed by atoms with Gasteiger partial charge < -0.3 is 18.9 Å². The summed E-state index contributed by atoms with van der Waals surface area (Å²) in [6, 6.07) is 6.79. The third-order valence-corrected chi connectivity index (χ3v) is 7.88. The van der Waals surface area contributed by atoms with Gasteiger partial charge in [0.15, 0.2) is 23.0 Å². The zero-order chi connectivity index (χ0) is 24.1. The molecule has 2 atom stereocenters. The zero-order valence-corrected chi connectivity index (χ0v) is 20.3. The summed E-state index contributed by atoms with van der Waals surface area (Å²) >= 11 is 0. The Kier molecular flexibility index (Phi) is 8.35. The van der Waals surface area contributed by atoms with Crippen molar-refractivity contribution in [3.8, 4) is 23.0 Å². The fourth-order valence-electron chi connectivity index (χ4n) is 2.80. The van der Waals surface area contributed by atoms with Gasteiger partial charge in [0.25, 0.3) is 0 Å². The molecule has 2 unspecified atom stereocenters. The summed E-state index contributed by atoms with van der Waals surface area (Å²) in [7, 11) is -2.24. The maximum Gasteiger partial charge on any atom is 0.241 e. The molecule has 0 saturated heterocycles. The molecule has 0 fully saturated rings. The van der Waals surface area contributed by atoms with Crippen LogP contribution in [0.5, 0.6) is 23.0 Å². The minimum Gasteiger partial charge on any atom is -0.493 e. The Morgan fingerprint density at radius 1 is 0.625 bits per heavy atom. The molecular formula is C20H32N2O8S2. The second kappa shape index (κ2) is 10.4. The summed E-state index contributed by atoms with van der Waals surface area (Å²) in [4.78, 5) is -0.0890. The van der Waals surface area contributed by atoms with Gasteiger partial charge in [-0.15, -0.1) is 0 Å². The van der Waals surface area contributed by atoms with Crippen molar-refractivity contribution in [2.45, 2.75) is 35.7 Å². The van der Waals surface area contributed by atoms with Gasteiger partial charge in [0, 0.05) is 27.1 Å². The van der Waals surface area contributed by atoms with Gasteiger partial charge in [-0.2, -0.15) is 0 Å². The molecule has 2 rings (SSSR count). The quantitative estimate of drug-likeness (QED) is 0.489. The Hall–Kier alpha value is -2.54. The largest absolute Gasteiger partial charge is 0.493 e. The molecule has 0 aromatic heterocycles. The second-order valence-electron chi connectivity index (χ2n) is 6.85. The molecule has 0 aliphatic carbocycles. The molecule has 0 amide bonds. The Morgan fingerprint density at radius 2 is 0.938 bits per heavy atom. The number of nitrogens with one attached hydrogen (secondary N) is 2. The first-order chi connectivity index (χ1) is 15.0. The smallest absolute Gasteiger partial charge is 0.241 e. The molecule has 0 bridgehead atoms. The van der Waals surface area contributed by atoms with Crippen LogP contribution in [0.25, 0.3) is 0 Å². The third kappa shape index (κ3) is 5.82. The summed E-state index contributed by atoms with van der Waals surface area (Å²) in [5.74, 6) is 1.28. The Bertz CT molecular complexity index is 1070. The molecule has 0 saturated carbocycles. The highest BCUT2D eigenvalue weighted by Gasteiger charge is 2.26. The van der Waals surface area contributed by atoms with Crippen molar-refractivity contribution in [2.75, 3.05) is 28.4 Å². The number of methoxy groups -OCH3 is 4. The monoisotopic (exact) mass is 492 g/mol. The highest BCUT2D eigenvalue weighted by Crippen LogP contribution is 2.30. The average Bonchev–Trinajstić information content (AvgIpc) is 2.77. The van der Waals surface area contributed by atoms with E-state index < -0.39 is 32.1 Å². The molecule has 0 heterocycles. The van der Waals surface area contributed by atoms with Crippen LogP contribution in [0.1, 0.15) is 16.7 Å². The van der Waals surface area contributed by atoms with Crippen LogP contribution in [0.15, 0.2) is 46.2 Å². The first kappa shape index (κ1) is 25.7. The van der Waals surface area contributed by atoms with Gasteiger partial charge in [-0.3, -0.25) is 0 Å². The van der Waals surface area contributed by atoms with Gasteiger partial charge >= 0.3 is 0 Å². The number of sulfonamides is 2. The predicted octanol–water partition coefficient (Wildman–Crippen LogP) is 2.25. The van der Waals surface area contributed by atoms with Gasteiger partial charge in [0.05, 0.1) is 38.2 Å². The van der Waals surface area contributed by atoms with E-state index in [-0.39, 0.29) is 24.1 Å². The number of rotatable bonds is 11. The van der Waals surface area contributed by atoms with Crippen molar-refractivity contribution < 1.29 is 38.6 Å². The minimum absolute atomic E-state index is 0. The Balaban J connectivity index is 0.00000544. The summed E-state index contributed by atoms with van der Waals surface area (Å²) in [6.45, 7) is 3.11. The lowest BCUT2D eigenvalue weighted by Crippen LogP contribution is -2.48. The van der Waals surface area contributed by atoms with Crippen LogP contribution < -0.4 is 28.4 Å². The Labute approximate surface area is 191 Å². The van der Waals surface area contributed by atoms with Gasteiger partial charge in [0.1, 0.15) is 0 Å². The van der Waals surface area contributed by atoms with Crippen LogP contribution in [0.3, 0.4) is 0 Å². The minimum atomic E-state index is -3.96. The van der Waals surface area contributed by atoms with E-state index in [0.29, 0.717) is 11.5 Å². The molecule has 0 aliphatic rings. The molecule has 182 valence electrons. The van der Waals surface area contributed by atoms with Crippen LogP contribution in [-0.4, -0.2) is 57.4 Å². The number of hydrogen-bond acceptors (Lipinski definition) is 8. The number of benzene rings is 2. The van der Waals surface area contributed by atoms with Crippen molar-refractivity contribution in [1.82, 2.24) is 9.44 Å². The van der Waals surface area contributed by atoms with E-state index in [1.807, 2.05) is 0 Å². The standard InChI is InChI=1S/C20H28N2O8S2.2H2/c1-13(21-31(23,24)15-7-9-17(27-3)19(11-15)29-5)14(2)22-32(25,26)16-8-10-18(28-4)20(12-16)30-6;;/h7-14,21-22H,1-6H3;2*1H. The molecule has 0 spiro atoms. The predicted molar refractivity (Wildman–Crippen MR) is 123 cm³/mol. The molecule has 12 heteroatoms. The van der Waals surface area contributed by atoms with E-state index in [2.05, 4.69) is 9.44 Å². The van der Waals surface area contributed by atoms with Crippen molar-refractivity contribution >= 4 is 20.0 Å². The molecule has 2 aromatic carbocycles. The lowest BCUT2D eigenvalue weighted by Gasteiger charge is -2.23. The number of hydrogen-bond donors (Lipinski definition) is 2. The van der Waals surface area contributed by atoms with Crippen molar-refractivity contribution in [1.29, 1.82) is 0 Å². The van der Waals surface area contributed by atoms with Crippen LogP contribution in [0.2, 0.25) is 0 Å². The van der Waals surface area contributed by atoms with Crippen LogP contribution >= 0.6 is 0 Å². The fourth-order valence-corrected chi connectivity index (χ4v) is 5.48. The van der Waals surface area contributed by atoms with Gasteiger partial charge in [-0.1, -0.05) is 0 Å². The second-order valence-corrected chi connectivity index (χ2v) is 10.3. The molecule has 2 N–H and O–H groups in total. The molecule has 32 heavy (non-hydrogen) atoms. The molecule has 10 nitrogen and oxygen atoms in total. The molecular weight excluding hydrogens is 460 g/mol. The third-order valence-electron chi connectivity index (χ3n) is 4.76. The lowest BCUT2D eigenvalue weighted by atomic mass is 10.2. The molecule has 2 aromatic rings. The van der Waals surface area contributed by atoms with E-state index in [1.54, 1.807) is 13.8 Å². The van der Waals surface area contributed by atoms with E-state index in [9.17, 15) is 16.8 Å². The van der Waals surface area contributed by atoms with Crippen molar-refractivity contribution in [2.24, 2.45) is 0 Å². The maximum atomic E-state index is 12.8. The van der Waals surface area contributed by atoms with Crippen molar-refractivity contribution in [3.63, 3.8) is 0 Å². The summed E-state index contributed by atoms with van der Waals surface area (Å²) in [6.07, 6.45) is 0. The van der Waals surface area contributed by atoms with Gasteiger partial charge in [-0.25, -0.2) is 26.3 Å². The molecule has 0 aliphatic heterocycles. The number of ether oxygens (including phenoxy) is 4. The van der Waals surface area contributed by atoms with Crippen LogP contribution in [0, 0.1) is 0 Å². The SMILES string of the molecule is COc1ccc(S(=O)(=O)NC(C)C(C)NS(=O)(=O)c2ccc(OC)c(OC)c2)cc1OC.[HH].[HH]. The summed E-state index contributed by atoms with van der Waals surface area (Å²) in [5, 5.41) is 0. The van der Waals surface area contributed by atoms with E-state index >= 15 is 0 Å². The van der Waals surface area contributed by atoms with Crippen LogP contribution in [0.4, 0.5) is 0 Å². The van der Waals surface area contributed by atoms with Gasteiger partial charge in [0.2, 0.25) is 20.0 Å². The lowest BCUT2D eigenvalue weighted by molar-refractivity contribution is 0.353. The highest BCUT2D eigenvalue weighted by atomic mass is 32.2.